The van der Waals surface area contributed by atoms with E-state index in [1.54, 1.807) is 0 Å². The van der Waals surface area contributed by atoms with Gasteiger partial charge < -0.3 is 4.90 Å². The maximum atomic E-state index is 4.47. The predicted molar refractivity (Wildman–Crippen MR) is 67.2 cm³/mol. The fraction of sp³-hybridized carbons (Fsp3) is 0.583. The van der Waals surface area contributed by atoms with Gasteiger partial charge in [0.2, 0.25) is 0 Å². The molecule has 0 amide bonds. The number of pyridine rings is 1. The van der Waals surface area contributed by atoms with Crippen LogP contribution < -0.4 is 4.90 Å². The smallest absolute Gasteiger partial charge is 0.128 e. The maximum Gasteiger partial charge on any atom is 0.128 e. The molecule has 1 fully saturated rings. The van der Waals surface area contributed by atoms with Crippen LogP contribution in [0.4, 0.5) is 5.82 Å². The lowest BCUT2D eigenvalue weighted by Gasteiger charge is -2.28. The molecule has 1 aromatic heterocycles. The van der Waals surface area contributed by atoms with E-state index < -0.39 is 0 Å². The van der Waals surface area contributed by atoms with Crippen molar-refractivity contribution in [2.24, 2.45) is 0 Å². The summed E-state index contributed by atoms with van der Waals surface area (Å²) in [4.78, 5) is 6.90. The molecular weight excluding hydrogens is 252 g/mol. The molecule has 2 rings (SSSR count). The van der Waals surface area contributed by atoms with Gasteiger partial charge in [0.1, 0.15) is 5.82 Å². The highest BCUT2D eigenvalue weighted by Crippen LogP contribution is 2.27. The number of rotatable bonds is 3. The van der Waals surface area contributed by atoms with Gasteiger partial charge in [0, 0.05) is 23.3 Å². The van der Waals surface area contributed by atoms with Crippen LogP contribution in [-0.2, 0) is 0 Å². The third-order valence-corrected chi connectivity index (χ3v) is 3.58. The molecule has 1 aliphatic carbocycles. The van der Waals surface area contributed by atoms with E-state index in [1.165, 1.54) is 25.7 Å². The van der Waals surface area contributed by atoms with Gasteiger partial charge in [0.15, 0.2) is 0 Å². The van der Waals surface area contributed by atoms with Gasteiger partial charge in [0.25, 0.3) is 0 Å². The molecule has 15 heavy (non-hydrogen) atoms. The fourth-order valence-corrected chi connectivity index (χ4v) is 2.60. The third-order valence-electron chi connectivity index (χ3n) is 3.11. The first-order valence-electron chi connectivity index (χ1n) is 5.69. The lowest BCUT2D eigenvalue weighted by atomic mass is 10.2. The molecule has 1 aromatic rings. The molecular formula is C12H17BrN2. The second-order valence-electron chi connectivity index (χ2n) is 4.06. The molecule has 0 aliphatic heterocycles. The van der Waals surface area contributed by atoms with Crippen molar-refractivity contribution in [2.45, 2.75) is 38.6 Å². The molecule has 1 aliphatic rings. The van der Waals surface area contributed by atoms with E-state index in [0.29, 0.717) is 6.04 Å². The molecule has 0 unspecified atom stereocenters. The summed E-state index contributed by atoms with van der Waals surface area (Å²) in [5, 5.41) is 0. The molecule has 0 aromatic carbocycles. The highest BCUT2D eigenvalue weighted by atomic mass is 79.9. The summed E-state index contributed by atoms with van der Waals surface area (Å²) in [6.45, 7) is 3.27. The van der Waals surface area contributed by atoms with Gasteiger partial charge in [-0.15, -0.1) is 0 Å². The summed E-state index contributed by atoms with van der Waals surface area (Å²) >= 11 is 3.42. The van der Waals surface area contributed by atoms with Crippen LogP contribution in [0.3, 0.4) is 0 Å². The average molecular weight is 269 g/mol. The Hall–Kier alpha value is -0.570. The zero-order valence-electron chi connectivity index (χ0n) is 9.12. The summed E-state index contributed by atoms with van der Waals surface area (Å²) in [7, 11) is 0. The van der Waals surface area contributed by atoms with Gasteiger partial charge >= 0.3 is 0 Å². The van der Waals surface area contributed by atoms with Crippen LogP contribution in [0.25, 0.3) is 0 Å². The molecule has 3 heteroatoms. The van der Waals surface area contributed by atoms with Crippen LogP contribution in [0, 0.1) is 0 Å². The third kappa shape index (κ3) is 2.51. The summed E-state index contributed by atoms with van der Waals surface area (Å²) in [5.74, 6) is 1.12. The van der Waals surface area contributed by atoms with Gasteiger partial charge in [-0.25, -0.2) is 4.98 Å². The van der Waals surface area contributed by atoms with Crippen LogP contribution in [0.5, 0.6) is 0 Å². The van der Waals surface area contributed by atoms with E-state index >= 15 is 0 Å². The molecule has 0 spiro atoms. The highest BCUT2D eigenvalue weighted by Gasteiger charge is 2.22. The second-order valence-corrected chi connectivity index (χ2v) is 4.97. The van der Waals surface area contributed by atoms with Crippen molar-refractivity contribution in [1.82, 2.24) is 4.98 Å². The first-order chi connectivity index (χ1) is 7.31. The number of halogens is 1. The summed E-state index contributed by atoms with van der Waals surface area (Å²) in [5.41, 5.74) is 0. The Morgan fingerprint density at radius 2 is 2.13 bits per heavy atom. The van der Waals surface area contributed by atoms with E-state index in [4.69, 9.17) is 0 Å². The zero-order chi connectivity index (χ0) is 10.7. The number of anilines is 1. The van der Waals surface area contributed by atoms with E-state index in [0.717, 1.165) is 16.8 Å². The van der Waals surface area contributed by atoms with Gasteiger partial charge in [-0.2, -0.15) is 0 Å². The van der Waals surface area contributed by atoms with Gasteiger partial charge in [-0.05, 0) is 47.8 Å². The Kier molecular flexibility index (Phi) is 3.62. The molecule has 0 atom stereocenters. The molecule has 0 radical (unpaired) electrons. The topological polar surface area (TPSA) is 16.1 Å². The minimum Gasteiger partial charge on any atom is -0.354 e. The van der Waals surface area contributed by atoms with Gasteiger partial charge in [0.05, 0.1) is 0 Å². The first-order valence-corrected chi connectivity index (χ1v) is 6.48. The highest BCUT2D eigenvalue weighted by molar-refractivity contribution is 9.10. The van der Waals surface area contributed by atoms with Crippen LogP contribution in [0.2, 0.25) is 0 Å². The second kappa shape index (κ2) is 4.97. The Morgan fingerprint density at radius 3 is 2.67 bits per heavy atom. The summed E-state index contributed by atoms with van der Waals surface area (Å²) in [6, 6.07) is 4.88. The van der Waals surface area contributed by atoms with Crippen molar-refractivity contribution < 1.29 is 0 Å². The summed E-state index contributed by atoms with van der Waals surface area (Å²) < 4.78 is 1.05. The predicted octanol–water partition coefficient (Wildman–Crippen LogP) is 3.61. The molecule has 2 nitrogen and oxygen atoms in total. The van der Waals surface area contributed by atoms with E-state index in [9.17, 15) is 0 Å². The van der Waals surface area contributed by atoms with Gasteiger partial charge in [-0.3, -0.25) is 0 Å². The van der Waals surface area contributed by atoms with E-state index in [2.05, 4.69) is 44.9 Å². The fourth-order valence-electron chi connectivity index (χ4n) is 2.36. The van der Waals surface area contributed by atoms with Gasteiger partial charge in [-0.1, -0.05) is 12.8 Å². The van der Waals surface area contributed by atoms with Crippen LogP contribution in [-0.4, -0.2) is 17.6 Å². The largest absolute Gasteiger partial charge is 0.354 e. The normalized spacial score (nSPS) is 16.9. The lowest BCUT2D eigenvalue weighted by molar-refractivity contribution is 0.613. The number of hydrogen-bond acceptors (Lipinski definition) is 2. The average Bonchev–Trinajstić information content (AvgIpc) is 2.75. The van der Waals surface area contributed by atoms with Crippen LogP contribution >= 0.6 is 15.9 Å². The lowest BCUT2D eigenvalue weighted by Crippen LogP contribution is -2.33. The maximum absolute atomic E-state index is 4.47. The molecule has 0 bridgehead atoms. The Balaban J connectivity index is 2.14. The van der Waals surface area contributed by atoms with Crippen LogP contribution in [0.15, 0.2) is 22.8 Å². The van der Waals surface area contributed by atoms with E-state index in [1.807, 2.05) is 6.20 Å². The minimum absolute atomic E-state index is 0.712. The molecule has 0 saturated heterocycles. The van der Waals surface area contributed by atoms with Crippen molar-refractivity contribution in [3.8, 4) is 0 Å². The quantitative estimate of drug-likeness (QED) is 0.833. The zero-order valence-corrected chi connectivity index (χ0v) is 10.7. The first kappa shape index (κ1) is 10.9. The van der Waals surface area contributed by atoms with Crippen molar-refractivity contribution in [3.63, 3.8) is 0 Å². The summed E-state index contributed by atoms with van der Waals surface area (Å²) in [6.07, 6.45) is 7.28. The van der Waals surface area contributed by atoms with Crippen molar-refractivity contribution in [1.29, 1.82) is 0 Å². The van der Waals surface area contributed by atoms with Crippen molar-refractivity contribution in [3.05, 3.63) is 22.8 Å². The Bertz CT molecular complexity index is 304. The number of nitrogens with zero attached hydrogens (tertiary/aromatic N) is 2. The number of hydrogen-bond donors (Lipinski definition) is 0. The monoisotopic (exact) mass is 268 g/mol. The standard InChI is InChI=1S/C12H17BrN2/c1-2-15(11-5-3-4-6-11)12-8-7-10(13)9-14-12/h7-9,11H,2-6H2,1H3. The molecule has 1 saturated carbocycles. The SMILES string of the molecule is CCN(c1ccc(Br)cn1)C1CCCC1. The Morgan fingerprint density at radius 1 is 1.40 bits per heavy atom. The minimum atomic E-state index is 0.712. The van der Waals surface area contributed by atoms with Crippen LogP contribution in [0.1, 0.15) is 32.6 Å². The van der Waals surface area contributed by atoms with E-state index in [-0.39, 0.29) is 0 Å². The number of aromatic nitrogens is 1. The Labute approximate surface area is 99.8 Å². The molecule has 0 N–H and O–H groups in total. The van der Waals surface area contributed by atoms with Crippen molar-refractivity contribution in [2.75, 3.05) is 11.4 Å². The molecule has 1 heterocycles. The molecule has 82 valence electrons. The van der Waals surface area contributed by atoms with Crippen molar-refractivity contribution >= 4 is 21.7 Å².